The fourth-order valence-electron chi connectivity index (χ4n) is 2.01. The van der Waals surface area contributed by atoms with Crippen LogP contribution in [0.5, 0.6) is 0 Å². The minimum absolute atomic E-state index is 0.0250. The first kappa shape index (κ1) is 16.3. The number of aromatic nitrogens is 3. The molecule has 0 bridgehead atoms. The molecule has 0 saturated heterocycles. The molecule has 11 heteroatoms. The predicted molar refractivity (Wildman–Crippen MR) is 60.9 cm³/mol. The first-order valence-corrected chi connectivity index (χ1v) is 5.85. The Hall–Kier alpha value is -2.07. The topological polar surface area (TPSA) is 50.7 Å². The molecule has 0 aliphatic heterocycles. The van der Waals surface area contributed by atoms with Crippen molar-refractivity contribution in [3.63, 3.8) is 0 Å². The largest absolute Gasteiger partial charge is 0.437 e. The van der Waals surface area contributed by atoms with Crippen molar-refractivity contribution in [2.24, 2.45) is 0 Å². The number of aromatic amines is 1. The molecular formula is C11H8F7N3O. The SMILES string of the molecule is CCn1c(=O)[nH]c2cc(C(F)(C(F)(F)F)C(F)(F)F)ncc21. The maximum Gasteiger partial charge on any atom is 0.437 e. The van der Waals surface area contributed by atoms with Gasteiger partial charge in [-0.3, -0.25) is 9.55 Å². The van der Waals surface area contributed by atoms with E-state index in [1.54, 1.807) is 0 Å². The van der Waals surface area contributed by atoms with Gasteiger partial charge >= 0.3 is 23.7 Å². The third-order valence-corrected chi connectivity index (χ3v) is 3.11. The summed E-state index contributed by atoms with van der Waals surface area (Å²) in [5, 5.41) is 0. The second kappa shape index (κ2) is 4.71. The lowest BCUT2D eigenvalue weighted by atomic mass is 9.99. The van der Waals surface area contributed by atoms with Crippen molar-refractivity contribution in [3.8, 4) is 0 Å². The Bertz CT molecular complexity index is 742. The standard InChI is InChI=1S/C11H8F7N3O/c1-2-21-6-4-19-7(3-5(6)20-8(21)22)9(12,10(13,14)15)11(16,17)18/h3-4H,2H2,1H3,(H,20,22). The van der Waals surface area contributed by atoms with Crippen molar-refractivity contribution in [1.82, 2.24) is 14.5 Å². The molecule has 0 aliphatic rings. The van der Waals surface area contributed by atoms with Gasteiger partial charge in [-0.1, -0.05) is 0 Å². The van der Waals surface area contributed by atoms with Gasteiger partial charge in [0.1, 0.15) is 0 Å². The van der Waals surface area contributed by atoms with Crippen LogP contribution in [0.4, 0.5) is 30.7 Å². The zero-order chi connectivity index (χ0) is 16.9. The summed E-state index contributed by atoms with van der Waals surface area (Å²) in [5.74, 6) is 0. The van der Waals surface area contributed by atoms with Gasteiger partial charge < -0.3 is 4.98 Å². The molecule has 0 unspecified atom stereocenters. The maximum atomic E-state index is 13.8. The number of H-pyrrole nitrogens is 1. The Labute approximate surface area is 117 Å². The molecule has 0 aliphatic carbocycles. The van der Waals surface area contributed by atoms with E-state index in [1.165, 1.54) is 6.92 Å². The smallest absolute Gasteiger partial charge is 0.305 e. The van der Waals surface area contributed by atoms with Crippen LogP contribution < -0.4 is 5.69 Å². The van der Waals surface area contributed by atoms with E-state index in [0.717, 1.165) is 4.57 Å². The van der Waals surface area contributed by atoms with E-state index in [-0.39, 0.29) is 23.6 Å². The summed E-state index contributed by atoms with van der Waals surface area (Å²) in [6.07, 6.45) is -11.9. The molecule has 2 aromatic heterocycles. The van der Waals surface area contributed by atoms with Gasteiger partial charge in [-0.05, 0) is 13.0 Å². The monoisotopic (exact) mass is 331 g/mol. The van der Waals surface area contributed by atoms with Gasteiger partial charge in [-0.15, -0.1) is 0 Å². The summed E-state index contributed by atoms with van der Waals surface area (Å²) in [7, 11) is 0. The highest BCUT2D eigenvalue weighted by molar-refractivity contribution is 5.74. The quantitative estimate of drug-likeness (QED) is 0.860. The van der Waals surface area contributed by atoms with Gasteiger partial charge in [0.2, 0.25) is 0 Å². The third kappa shape index (κ3) is 2.15. The summed E-state index contributed by atoms with van der Waals surface area (Å²) in [5.41, 5.74) is -8.65. The van der Waals surface area contributed by atoms with Gasteiger partial charge in [0.25, 0.3) is 0 Å². The van der Waals surface area contributed by atoms with E-state index in [0.29, 0.717) is 6.20 Å². The number of nitrogens with one attached hydrogen (secondary N) is 1. The normalized spacial score (nSPS) is 13.8. The van der Waals surface area contributed by atoms with Crippen LogP contribution in [-0.4, -0.2) is 26.9 Å². The van der Waals surface area contributed by atoms with Gasteiger partial charge in [-0.25, -0.2) is 9.18 Å². The number of rotatable bonds is 2. The average molecular weight is 331 g/mol. The zero-order valence-corrected chi connectivity index (χ0v) is 10.8. The number of imidazole rings is 1. The average Bonchev–Trinajstić information content (AvgIpc) is 2.69. The number of hydrogen-bond acceptors (Lipinski definition) is 2. The molecule has 0 atom stereocenters. The highest BCUT2D eigenvalue weighted by atomic mass is 19.4. The fraction of sp³-hybridized carbons (Fsp3) is 0.455. The second-order valence-corrected chi connectivity index (χ2v) is 4.42. The Balaban J connectivity index is 2.75. The van der Waals surface area contributed by atoms with Crippen LogP contribution in [0.3, 0.4) is 0 Å². The van der Waals surface area contributed by atoms with Crippen LogP contribution >= 0.6 is 0 Å². The molecule has 2 heterocycles. The predicted octanol–water partition coefficient (Wildman–Crippen LogP) is 3.03. The van der Waals surface area contributed by atoms with Crippen molar-refractivity contribution >= 4 is 11.0 Å². The molecule has 0 aromatic carbocycles. The number of fused-ring (bicyclic) bond motifs is 1. The number of halogens is 7. The Morgan fingerprint density at radius 1 is 1.14 bits per heavy atom. The zero-order valence-electron chi connectivity index (χ0n) is 10.8. The summed E-state index contributed by atoms with van der Waals surface area (Å²) < 4.78 is 90.6. The Kier molecular flexibility index (Phi) is 3.49. The van der Waals surface area contributed by atoms with E-state index < -0.39 is 29.4 Å². The van der Waals surface area contributed by atoms with Crippen LogP contribution in [0, 0.1) is 0 Å². The summed E-state index contributed by atoms with van der Waals surface area (Å²) >= 11 is 0. The van der Waals surface area contributed by atoms with Gasteiger partial charge in [0, 0.05) is 6.54 Å². The maximum absolute atomic E-state index is 13.8. The highest BCUT2D eigenvalue weighted by Gasteiger charge is 2.74. The van der Waals surface area contributed by atoms with E-state index >= 15 is 0 Å². The van der Waals surface area contributed by atoms with Crippen LogP contribution in [0.25, 0.3) is 11.0 Å². The van der Waals surface area contributed by atoms with Crippen molar-refractivity contribution in [2.75, 3.05) is 0 Å². The second-order valence-electron chi connectivity index (χ2n) is 4.42. The number of aryl methyl sites for hydroxylation is 1. The van der Waals surface area contributed by atoms with Gasteiger partial charge in [0.15, 0.2) is 0 Å². The fourth-order valence-corrected chi connectivity index (χ4v) is 2.01. The summed E-state index contributed by atoms with van der Waals surface area (Å²) in [4.78, 5) is 16.5. The molecule has 2 aromatic rings. The van der Waals surface area contributed by atoms with Crippen LogP contribution in [0.1, 0.15) is 12.6 Å². The highest BCUT2D eigenvalue weighted by Crippen LogP contribution is 2.52. The molecule has 0 amide bonds. The first-order valence-electron chi connectivity index (χ1n) is 5.85. The van der Waals surface area contributed by atoms with E-state index in [9.17, 15) is 35.5 Å². The van der Waals surface area contributed by atoms with Crippen molar-refractivity contribution in [1.29, 1.82) is 0 Å². The third-order valence-electron chi connectivity index (χ3n) is 3.11. The lowest BCUT2D eigenvalue weighted by Crippen LogP contribution is -2.50. The van der Waals surface area contributed by atoms with Crippen LogP contribution in [0.15, 0.2) is 17.1 Å². The lowest BCUT2D eigenvalue weighted by Gasteiger charge is -2.29. The Morgan fingerprint density at radius 2 is 1.68 bits per heavy atom. The number of pyridine rings is 1. The molecule has 0 spiro atoms. The van der Waals surface area contributed by atoms with Crippen molar-refractivity contribution < 1.29 is 30.7 Å². The van der Waals surface area contributed by atoms with E-state index in [4.69, 9.17) is 0 Å². The molecule has 1 N–H and O–H groups in total. The summed E-state index contributed by atoms with van der Waals surface area (Å²) in [6, 6.07) is 0.240. The van der Waals surface area contributed by atoms with Crippen molar-refractivity contribution in [2.45, 2.75) is 31.5 Å². The first-order chi connectivity index (χ1) is 9.93. The molecule has 22 heavy (non-hydrogen) atoms. The molecule has 0 fully saturated rings. The van der Waals surface area contributed by atoms with Gasteiger partial charge in [0.05, 0.1) is 22.9 Å². The lowest BCUT2D eigenvalue weighted by molar-refractivity contribution is -0.349. The number of alkyl halides is 7. The number of nitrogens with zero attached hydrogens (tertiary/aromatic N) is 2. The van der Waals surface area contributed by atoms with Crippen LogP contribution in [0.2, 0.25) is 0 Å². The van der Waals surface area contributed by atoms with E-state index in [1.807, 2.05) is 0 Å². The minimum atomic E-state index is -6.25. The minimum Gasteiger partial charge on any atom is -0.305 e. The molecule has 2 rings (SSSR count). The van der Waals surface area contributed by atoms with Crippen molar-refractivity contribution in [3.05, 3.63) is 28.4 Å². The van der Waals surface area contributed by atoms with Gasteiger partial charge in [-0.2, -0.15) is 26.3 Å². The molecule has 0 radical (unpaired) electrons. The molecular weight excluding hydrogens is 323 g/mol. The molecule has 0 saturated carbocycles. The van der Waals surface area contributed by atoms with E-state index in [2.05, 4.69) is 9.97 Å². The van der Waals surface area contributed by atoms with Crippen LogP contribution in [-0.2, 0) is 12.2 Å². The summed E-state index contributed by atoms with van der Waals surface area (Å²) in [6.45, 7) is 1.65. The molecule has 4 nitrogen and oxygen atoms in total. The Morgan fingerprint density at radius 3 is 2.14 bits per heavy atom. The number of hydrogen-bond donors (Lipinski definition) is 1. The molecule has 122 valence electrons.